The first-order valence-corrected chi connectivity index (χ1v) is 20.9. The molecule has 1 amide bonds. The smallest absolute Gasteiger partial charge is 0.288 e. The lowest BCUT2D eigenvalue weighted by atomic mass is 9.72. The number of carbonyl (C=O) groups excluding carboxylic acids is 2. The number of hydrogen-bond donors (Lipinski definition) is 2. The largest absolute Gasteiger partial charge is 0.455 e. The first kappa shape index (κ1) is 37.7. The van der Waals surface area contributed by atoms with Gasteiger partial charge in [-0.05, 0) is 99.4 Å². The molecule has 2 saturated heterocycles. The van der Waals surface area contributed by atoms with Gasteiger partial charge in [0.25, 0.3) is 6.02 Å². The van der Waals surface area contributed by atoms with Crippen molar-refractivity contribution in [3.05, 3.63) is 94.2 Å². The molecule has 4 aliphatic rings. The quantitative estimate of drug-likeness (QED) is 0.190. The summed E-state index contributed by atoms with van der Waals surface area (Å²) in [6.45, 7) is 7.45. The number of piperazine rings is 1. The van der Waals surface area contributed by atoms with Gasteiger partial charge in [-0.25, -0.2) is 4.99 Å². The zero-order valence-electron chi connectivity index (χ0n) is 31.4. The first-order valence-electron chi connectivity index (χ1n) is 20.0. The highest BCUT2D eigenvalue weighted by atomic mass is 32.1. The van der Waals surface area contributed by atoms with Crippen LogP contribution in [0.2, 0.25) is 0 Å². The number of aliphatic imine (C=N–C) groups is 1. The van der Waals surface area contributed by atoms with E-state index in [1.54, 1.807) is 11.3 Å². The third kappa shape index (κ3) is 9.39. The molecule has 1 spiro atoms. The number of nitrogens with one attached hydrogen (secondary N) is 1. The number of thiophene rings is 1. The molecule has 53 heavy (non-hydrogen) atoms. The van der Waals surface area contributed by atoms with E-state index in [1.807, 2.05) is 29.2 Å². The van der Waals surface area contributed by atoms with Gasteiger partial charge in [0.2, 0.25) is 5.91 Å². The van der Waals surface area contributed by atoms with E-state index >= 15 is 0 Å². The van der Waals surface area contributed by atoms with Gasteiger partial charge in [-0.1, -0.05) is 73.2 Å². The molecule has 4 atom stereocenters. The number of aryl methyl sites for hydroxylation is 1. The third-order valence-corrected chi connectivity index (χ3v) is 13.0. The van der Waals surface area contributed by atoms with Crippen molar-refractivity contribution in [3.8, 4) is 0 Å². The molecule has 284 valence electrons. The van der Waals surface area contributed by atoms with Gasteiger partial charge in [-0.3, -0.25) is 14.5 Å². The first-order chi connectivity index (χ1) is 25.9. The molecule has 9 nitrogen and oxygen atoms in total. The zero-order chi connectivity index (χ0) is 36.6. The fourth-order valence-electron chi connectivity index (χ4n) is 9.06. The Kier molecular flexibility index (Phi) is 12.6. The highest BCUT2D eigenvalue weighted by Crippen LogP contribution is 2.44. The molecule has 0 radical (unpaired) electrons. The van der Waals surface area contributed by atoms with Crippen LogP contribution >= 0.6 is 11.3 Å². The zero-order valence-corrected chi connectivity index (χ0v) is 32.2. The van der Waals surface area contributed by atoms with E-state index in [1.165, 1.54) is 29.7 Å². The summed E-state index contributed by atoms with van der Waals surface area (Å²) in [5.41, 5.74) is 8.78. The maximum absolute atomic E-state index is 14.7. The predicted octanol–water partition coefficient (Wildman–Crippen LogP) is 6.20. The number of amidine groups is 1. The molecule has 2 aromatic carbocycles. The molecule has 1 saturated carbocycles. The van der Waals surface area contributed by atoms with Crippen LogP contribution in [-0.2, 0) is 27.3 Å². The summed E-state index contributed by atoms with van der Waals surface area (Å²) in [5, 5.41) is 5.91. The topological polar surface area (TPSA) is 103 Å². The number of ether oxygens (including phenoxy) is 1. The lowest BCUT2D eigenvalue weighted by Gasteiger charge is -2.43. The second-order valence-corrected chi connectivity index (χ2v) is 16.9. The van der Waals surface area contributed by atoms with Crippen LogP contribution < -0.4 is 11.1 Å². The van der Waals surface area contributed by atoms with Crippen molar-refractivity contribution in [3.63, 3.8) is 0 Å². The molecule has 1 aromatic heterocycles. The summed E-state index contributed by atoms with van der Waals surface area (Å²) in [6, 6.07) is 25.1. The van der Waals surface area contributed by atoms with Crippen LogP contribution in [0.25, 0.3) is 0 Å². The van der Waals surface area contributed by atoms with Crippen LogP contribution in [0.5, 0.6) is 0 Å². The minimum absolute atomic E-state index is 0.0398. The van der Waals surface area contributed by atoms with Gasteiger partial charge in [0, 0.05) is 50.1 Å². The number of rotatable bonds is 14. The van der Waals surface area contributed by atoms with Crippen molar-refractivity contribution >= 4 is 29.0 Å². The van der Waals surface area contributed by atoms with Crippen molar-refractivity contribution in [2.45, 2.75) is 108 Å². The van der Waals surface area contributed by atoms with Gasteiger partial charge in [-0.15, -0.1) is 11.3 Å². The second kappa shape index (κ2) is 17.7. The van der Waals surface area contributed by atoms with Gasteiger partial charge in [0.1, 0.15) is 12.1 Å². The number of likely N-dealkylation sites (tertiary alicyclic amines) is 1. The fraction of sp³-hybridized carbons (Fsp3) is 0.558. The Labute approximate surface area is 320 Å². The van der Waals surface area contributed by atoms with E-state index in [0.29, 0.717) is 56.5 Å². The number of carbonyl (C=O) groups is 2. The van der Waals surface area contributed by atoms with E-state index in [0.717, 1.165) is 57.3 Å². The van der Waals surface area contributed by atoms with E-state index < -0.39 is 6.04 Å². The maximum atomic E-state index is 14.7. The Morgan fingerprint density at radius 3 is 2.49 bits per heavy atom. The summed E-state index contributed by atoms with van der Waals surface area (Å²) < 4.78 is 6.47. The van der Waals surface area contributed by atoms with Gasteiger partial charge in [0.05, 0.1) is 12.1 Å². The number of unbranched alkanes of at least 4 members (excludes halogenated alkanes) is 1. The van der Waals surface area contributed by atoms with Crippen LogP contribution in [0.1, 0.15) is 86.8 Å². The number of Topliss-reactive ketones (excluding diaryl/α,β-unsaturated/α-hetero) is 1. The monoisotopic (exact) mass is 738 g/mol. The van der Waals surface area contributed by atoms with Crippen molar-refractivity contribution < 1.29 is 14.3 Å². The normalized spacial score (nSPS) is 26.8. The Bertz CT molecular complexity index is 1640. The van der Waals surface area contributed by atoms with E-state index in [4.69, 9.17) is 15.5 Å². The molecule has 3 aromatic rings. The summed E-state index contributed by atoms with van der Waals surface area (Å²) in [4.78, 5) is 41.6. The lowest BCUT2D eigenvalue weighted by Crippen LogP contribution is -2.63. The molecule has 4 heterocycles. The van der Waals surface area contributed by atoms with Crippen molar-refractivity contribution in [2.24, 2.45) is 16.1 Å². The van der Waals surface area contributed by atoms with Crippen molar-refractivity contribution in [1.29, 1.82) is 0 Å². The number of ketones is 1. The third-order valence-electron chi connectivity index (χ3n) is 12.1. The van der Waals surface area contributed by atoms with Crippen LogP contribution in [0.3, 0.4) is 0 Å². The lowest BCUT2D eigenvalue weighted by molar-refractivity contribution is -0.144. The molecular weight excluding hydrogens is 681 g/mol. The molecule has 7 rings (SSSR count). The Hall–Kier alpha value is -3.57. The van der Waals surface area contributed by atoms with Crippen molar-refractivity contribution in [1.82, 2.24) is 20.0 Å². The Balaban J connectivity index is 1.01. The van der Waals surface area contributed by atoms with Crippen LogP contribution in [0.4, 0.5) is 0 Å². The highest BCUT2D eigenvalue weighted by Gasteiger charge is 2.44. The molecule has 10 heteroatoms. The van der Waals surface area contributed by atoms with Gasteiger partial charge < -0.3 is 25.6 Å². The SMILES string of the molecule is C[C@@H]1N=C(N2CCN(C(=O)[C@@H](CCCCN)NC3CCC4(CC3)CCN(Cc3ccccc3)C4)[C@H](C(=O)CCc3cccs3)C2)O[C@H]1c1ccccc1. The van der Waals surface area contributed by atoms with E-state index in [2.05, 4.69) is 76.0 Å². The predicted molar refractivity (Wildman–Crippen MR) is 213 cm³/mol. The maximum Gasteiger partial charge on any atom is 0.288 e. The number of amides is 1. The van der Waals surface area contributed by atoms with Gasteiger partial charge in [-0.2, -0.15) is 0 Å². The molecule has 0 bridgehead atoms. The molecule has 3 N–H and O–H groups in total. The molecular formula is C43H58N6O3S. The number of nitrogens with two attached hydrogens (primary N) is 1. The molecule has 0 unspecified atom stereocenters. The fourth-order valence-corrected chi connectivity index (χ4v) is 9.77. The van der Waals surface area contributed by atoms with Crippen LogP contribution in [-0.4, -0.2) is 95.8 Å². The Morgan fingerprint density at radius 1 is 0.981 bits per heavy atom. The highest BCUT2D eigenvalue weighted by molar-refractivity contribution is 7.09. The minimum Gasteiger partial charge on any atom is -0.455 e. The number of nitrogens with zero attached hydrogens (tertiary/aromatic N) is 4. The Morgan fingerprint density at radius 2 is 1.75 bits per heavy atom. The standard InChI is InChI=1S/C43H58N6O3S/c1-32-40(34-13-6-3-7-14-34)52-42(45-32)48-26-27-49(38(30-48)39(50)18-17-36-15-10-28-53-36)41(51)37(16-8-9-24-44)46-35-19-21-43(22-20-35)23-25-47(31-43)29-33-11-4-2-5-12-33/h2-7,10-15,28,32,35,37-38,40,46H,8-9,16-27,29-31,44H2,1H3/t32-,35?,37+,38-,40+,43?/m0/s1. The van der Waals surface area contributed by atoms with Crippen LogP contribution in [0, 0.1) is 5.41 Å². The van der Waals surface area contributed by atoms with Crippen molar-refractivity contribution in [2.75, 3.05) is 39.3 Å². The number of hydrogen-bond acceptors (Lipinski definition) is 9. The summed E-state index contributed by atoms with van der Waals surface area (Å²) in [6.07, 6.45) is 9.19. The molecule has 3 fully saturated rings. The van der Waals surface area contributed by atoms with Crippen LogP contribution in [0.15, 0.2) is 83.2 Å². The van der Waals surface area contributed by atoms with E-state index in [-0.39, 0.29) is 29.9 Å². The average Bonchev–Trinajstić information content (AvgIpc) is 3.95. The second-order valence-electron chi connectivity index (χ2n) is 15.9. The molecule has 1 aliphatic carbocycles. The minimum atomic E-state index is -0.559. The summed E-state index contributed by atoms with van der Waals surface area (Å²) in [7, 11) is 0. The van der Waals surface area contributed by atoms with Gasteiger partial charge >= 0.3 is 0 Å². The van der Waals surface area contributed by atoms with Gasteiger partial charge in [0.15, 0.2) is 5.78 Å². The van der Waals surface area contributed by atoms with E-state index in [9.17, 15) is 9.59 Å². The average molecular weight is 739 g/mol. The molecule has 3 aliphatic heterocycles. The summed E-state index contributed by atoms with van der Waals surface area (Å²) in [5.74, 6) is 0.153. The summed E-state index contributed by atoms with van der Waals surface area (Å²) >= 11 is 1.68. The number of benzene rings is 2.